The third-order valence-corrected chi connectivity index (χ3v) is 5.78. The molecule has 0 spiro atoms. The second kappa shape index (κ2) is 7.72. The molecule has 1 aliphatic heterocycles. The summed E-state index contributed by atoms with van der Waals surface area (Å²) < 4.78 is 1.91. The Kier molecular flexibility index (Phi) is 5.15. The molecule has 2 heterocycles. The smallest absolute Gasteiger partial charge is 0.233 e. The first-order valence-corrected chi connectivity index (χ1v) is 10.3. The van der Waals surface area contributed by atoms with Crippen LogP contribution in [0.3, 0.4) is 0 Å². The van der Waals surface area contributed by atoms with Crippen LogP contribution in [-0.4, -0.2) is 68.3 Å². The Labute approximate surface area is 162 Å². The molecule has 2 aromatic rings. The molecule has 0 atom stereocenters. The number of nitrogens with zero attached hydrogens (tertiary/aromatic N) is 5. The SMILES string of the molecule is CC(=O)N1CCN(C(=O)CSc2nc(C3CC3)n(-c3ccccc3)n2)CC1. The molecule has 0 unspecified atom stereocenters. The Bertz CT molecular complexity index is 826. The molecule has 0 radical (unpaired) electrons. The van der Waals surface area contributed by atoms with E-state index < -0.39 is 0 Å². The van der Waals surface area contributed by atoms with Crippen LogP contribution in [0.15, 0.2) is 35.5 Å². The third kappa shape index (κ3) is 4.16. The van der Waals surface area contributed by atoms with Crippen molar-refractivity contribution < 1.29 is 9.59 Å². The van der Waals surface area contributed by atoms with Gasteiger partial charge in [-0.2, -0.15) is 0 Å². The molecule has 1 saturated heterocycles. The fourth-order valence-electron chi connectivity index (χ4n) is 3.22. The van der Waals surface area contributed by atoms with Crippen LogP contribution in [0, 0.1) is 0 Å². The predicted octanol–water partition coefficient (Wildman–Crippen LogP) is 1.93. The second-order valence-electron chi connectivity index (χ2n) is 6.95. The summed E-state index contributed by atoms with van der Waals surface area (Å²) in [6, 6.07) is 10.0. The zero-order chi connectivity index (χ0) is 18.8. The van der Waals surface area contributed by atoms with Gasteiger partial charge < -0.3 is 9.80 Å². The van der Waals surface area contributed by atoms with Crippen molar-refractivity contribution in [2.75, 3.05) is 31.9 Å². The van der Waals surface area contributed by atoms with Crippen LogP contribution in [0.1, 0.15) is 31.5 Å². The summed E-state index contributed by atoms with van der Waals surface area (Å²) >= 11 is 1.39. The molecule has 0 bridgehead atoms. The molecule has 2 aliphatic rings. The minimum Gasteiger partial charge on any atom is -0.339 e. The number of para-hydroxylation sites is 1. The minimum atomic E-state index is 0.0692. The molecule has 27 heavy (non-hydrogen) atoms. The molecule has 1 aliphatic carbocycles. The van der Waals surface area contributed by atoms with Crippen molar-refractivity contribution in [3.05, 3.63) is 36.2 Å². The van der Waals surface area contributed by atoms with E-state index in [0.717, 1.165) is 24.4 Å². The van der Waals surface area contributed by atoms with E-state index in [-0.39, 0.29) is 11.8 Å². The molecule has 2 amide bonds. The summed E-state index contributed by atoms with van der Waals surface area (Å²) in [7, 11) is 0. The number of hydrogen-bond donors (Lipinski definition) is 0. The Balaban J connectivity index is 1.39. The van der Waals surface area contributed by atoms with Crippen LogP contribution >= 0.6 is 11.8 Å². The van der Waals surface area contributed by atoms with Crippen LogP contribution in [0.5, 0.6) is 0 Å². The third-order valence-electron chi connectivity index (χ3n) is 4.96. The van der Waals surface area contributed by atoms with E-state index in [1.54, 1.807) is 11.8 Å². The van der Waals surface area contributed by atoms with Gasteiger partial charge >= 0.3 is 0 Å². The van der Waals surface area contributed by atoms with Crippen LogP contribution in [0.25, 0.3) is 5.69 Å². The van der Waals surface area contributed by atoms with Crippen molar-refractivity contribution >= 4 is 23.6 Å². The van der Waals surface area contributed by atoms with E-state index in [2.05, 4.69) is 5.10 Å². The first kappa shape index (κ1) is 18.0. The summed E-state index contributed by atoms with van der Waals surface area (Å²) in [6.45, 7) is 3.98. The molecule has 2 fully saturated rings. The number of aromatic nitrogens is 3. The van der Waals surface area contributed by atoms with E-state index in [9.17, 15) is 9.59 Å². The number of amides is 2. The number of carbonyl (C=O) groups is 2. The van der Waals surface area contributed by atoms with Crippen molar-refractivity contribution in [3.63, 3.8) is 0 Å². The maximum absolute atomic E-state index is 12.5. The zero-order valence-electron chi connectivity index (χ0n) is 15.4. The summed E-state index contributed by atoms with van der Waals surface area (Å²) in [5.41, 5.74) is 1.01. The van der Waals surface area contributed by atoms with Crippen molar-refractivity contribution in [2.24, 2.45) is 0 Å². The molecule has 8 heteroatoms. The number of carbonyl (C=O) groups excluding carboxylic acids is 2. The van der Waals surface area contributed by atoms with Gasteiger partial charge in [0.15, 0.2) is 0 Å². The summed E-state index contributed by atoms with van der Waals surface area (Å²) in [5.74, 6) is 1.93. The van der Waals surface area contributed by atoms with Gasteiger partial charge in [0.25, 0.3) is 0 Å². The van der Waals surface area contributed by atoms with Gasteiger partial charge in [-0.15, -0.1) is 5.10 Å². The molecule has 7 nitrogen and oxygen atoms in total. The highest BCUT2D eigenvalue weighted by molar-refractivity contribution is 7.99. The molecular weight excluding hydrogens is 362 g/mol. The van der Waals surface area contributed by atoms with Gasteiger partial charge in [0, 0.05) is 39.0 Å². The van der Waals surface area contributed by atoms with Crippen LogP contribution in [-0.2, 0) is 9.59 Å². The number of thioether (sulfide) groups is 1. The number of hydrogen-bond acceptors (Lipinski definition) is 5. The van der Waals surface area contributed by atoms with Crippen molar-refractivity contribution in [2.45, 2.75) is 30.8 Å². The maximum atomic E-state index is 12.5. The van der Waals surface area contributed by atoms with E-state index in [0.29, 0.717) is 43.0 Å². The van der Waals surface area contributed by atoms with E-state index >= 15 is 0 Å². The molecule has 1 aromatic heterocycles. The monoisotopic (exact) mass is 385 g/mol. The molecule has 142 valence electrons. The van der Waals surface area contributed by atoms with Gasteiger partial charge in [-0.05, 0) is 25.0 Å². The second-order valence-corrected chi connectivity index (χ2v) is 7.89. The van der Waals surface area contributed by atoms with Crippen molar-refractivity contribution in [1.29, 1.82) is 0 Å². The summed E-state index contributed by atoms with van der Waals surface area (Å²) in [5, 5.41) is 5.29. The summed E-state index contributed by atoms with van der Waals surface area (Å²) in [4.78, 5) is 32.2. The molecular formula is C19H23N5O2S. The topological polar surface area (TPSA) is 71.3 Å². The Hall–Kier alpha value is -2.35. The summed E-state index contributed by atoms with van der Waals surface area (Å²) in [6.07, 6.45) is 2.30. The van der Waals surface area contributed by atoms with Crippen molar-refractivity contribution in [3.8, 4) is 5.69 Å². The van der Waals surface area contributed by atoms with Gasteiger partial charge in [-0.25, -0.2) is 9.67 Å². The molecule has 1 saturated carbocycles. The van der Waals surface area contributed by atoms with Gasteiger partial charge in [0.05, 0.1) is 11.4 Å². The first-order valence-electron chi connectivity index (χ1n) is 9.30. The molecule has 0 N–H and O–H groups in total. The highest BCUT2D eigenvalue weighted by Crippen LogP contribution is 2.40. The van der Waals surface area contributed by atoms with E-state index in [1.165, 1.54) is 11.8 Å². The van der Waals surface area contributed by atoms with E-state index in [4.69, 9.17) is 4.98 Å². The van der Waals surface area contributed by atoms with E-state index in [1.807, 2.05) is 39.9 Å². The average molecular weight is 385 g/mol. The molecule has 1 aromatic carbocycles. The maximum Gasteiger partial charge on any atom is 0.233 e. The van der Waals surface area contributed by atoms with Gasteiger partial charge in [0.1, 0.15) is 5.82 Å². The molecule has 4 rings (SSSR count). The Morgan fingerprint density at radius 2 is 1.74 bits per heavy atom. The minimum absolute atomic E-state index is 0.0692. The highest BCUT2D eigenvalue weighted by atomic mass is 32.2. The van der Waals surface area contributed by atoms with Crippen LogP contribution in [0.2, 0.25) is 0 Å². The first-order chi connectivity index (χ1) is 13.1. The Morgan fingerprint density at radius 1 is 1.07 bits per heavy atom. The Morgan fingerprint density at radius 3 is 2.37 bits per heavy atom. The van der Waals surface area contributed by atoms with Crippen LogP contribution < -0.4 is 0 Å². The fourth-order valence-corrected chi connectivity index (χ4v) is 3.95. The zero-order valence-corrected chi connectivity index (χ0v) is 16.2. The lowest BCUT2D eigenvalue weighted by Gasteiger charge is -2.34. The van der Waals surface area contributed by atoms with Crippen LogP contribution in [0.4, 0.5) is 0 Å². The normalized spacial score (nSPS) is 17.2. The van der Waals surface area contributed by atoms with Gasteiger partial charge in [-0.1, -0.05) is 30.0 Å². The van der Waals surface area contributed by atoms with Gasteiger partial charge in [-0.3, -0.25) is 9.59 Å². The largest absolute Gasteiger partial charge is 0.339 e. The lowest BCUT2D eigenvalue weighted by molar-refractivity contribution is -0.136. The number of piperazine rings is 1. The number of benzene rings is 1. The highest BCUT2D eigenvalue weighted by Gasteiger charge is 2.31. The van der Waals surface area contributed by atoms with Crippen molar-refractivity contribution in [1.82, 2.24) is 24.6 Å². The quantitative estimate of drug-likeness (QED) is 0.736. The predicted molar refractivity (Wildman–Crippen MR) is 103 cm³/mol. The average Bonchev–Trinajstić information content (AvgIpc) is 3.46. The lowest BCUT2D eigenvalue weighted by Crippen LogP contribution is -2.50. The fraction of sp³-hybridized carbons (Fsp3) is 0.474. The number of rotatable bonds is 5. The standard InChI is InChI=1S/C19H23N5O2S/c1-14(25)22-9-11-23(12-10-22)17(26)13-27-19-20-18(15-7-8-15)24(21-19)16-5-3-2-4-6-16/h2-6,15H,7-13H2,1H3. The van der Waals surface area contributed by atoms with Gasteiger partial charge in [0.2, 0.25) is 17.0 Å². The lowest BCUT2D eigenvalue weighted by atomic mass is 10.3.